The van der Waals surface area contributed by atoms with Gasteiger partial charge in [-0.1, -0.05) is 141 Å². The number of rotatable bonds is 13. The van der Waals surface area contributed by atoms with Crippen molar-refractivity contribution in [3.05, 3.63) is 204 Å². The first-order chi connectivity index (χ1) is 30.5. The minimum Gasteiger partial charge on any atom is -0.311 e. The van der Waals surface area contributed by atoms with Gasteiger partial charge in [-0.2, -0.15) is 0 Å². The summed E-state index contributed by atoms with van der Waals surface area (Å²) < 4.78 is 0. The zero-order valence-electron chi connectivity index (χ0n) is 36.5. The number of hydrogen-bond donors (Lipinski definition) is 0. The normalized spacial score (nSPS) is 11.6. The highest BCUT2D eigenvalue weighted by atomic mass is 15.2. The molecule has 0 fully saturated rings. The van der Waals surface area contributed by atoms with Crippen molar-refractivity contribution in [1.29, 1.82) is 0 Å². The van der Waals surface area contributed by atoms with E-state index in [0.717, 1.165) is 47.0 Å². The van der Waals surface area contributed by atoms with Crippen LogP contribution < -0.4 is 9.80 Å². The molecule has 2 nitrogen and oxygen atoms in total. The van der Waals surface area contributed by atoms with Gasteiger partial charge in [0.1, 0.15) is 0 Å². The Bertz CT molecular complexity index is 3100. The molecule has 0 atom stereocenters. The number of nitrogens with zero attached hydrogens (tertiary/aromatic N) is 2. The zero-order valence-corrected chi connectivity index (χ0v) is 36.5. The average Bonchev–Trinajstić information content (AvgIpc) is 3.32. The summed E-state index contributed by atoms with van der Waals surface area (Å²) in [7, 11) is 0. The Kier molecular flexibility index (Phi) is 10.7. The molecule has 62 heavy (non-hydrogen) atoms. The van der Waals surface area contributed by atoms with Crippen LogP contribution in [0.3, 0.4) is 0 Å². The maximum absolute atomic E-state index is 2.40. The number of unbranched alkanes of at least 4 members (excludes halogenated alkanes) is 2. The van der Waals surface area contributed by atoms with Gasteiger partial charge in [-0.15, -0.1) is 0 Å². The largest absolute Gasteiger partial charge is 0.311 e. The van der Waals surface area contributed by atoms with Crippen molar-refractivity contribution in [2.45, 2.75) is 66.2 Å². The van der Waals surface area contributed by atoms with Gasteiger partial charge in [0.05, 0.1) is 0 Å². The molecular formula is C60H54N2. The lowest BCUT2D eigenvalue weighted by Crippen LogP contribution is -2.12. The topological polar surface area (TPSA) is 6.48 Å². The molecule has 0 saturated carbocycles. The monoisotopic (exact) mass is 802 g/mol. The molecular weight excluding hydrogens is 749 g/mol. The van der Waals surface area contributed by atoms with Crippen LogP contribution in [0.2, 0.25) is 0 Å². The van der Waals surface area contributed by atoms with Crippen LogP contribution in [-0.2, 0) is 12.8 Å². The van der Waals surface area contributed by atoms with Gasteiger partial charge in [-0.3, -0.25) is 0 Å². The maximum atomic E-state index is 2.40. The molecule has 0 aliphatic heterocycles. The molecule has 0 saturated heterocycles. The molecule has 0 aliphatic carbocycles. The fourth-order valence-electron chi connectivity index (χ4n) is 9.62. The summed E-state index contributed by atoms with van der Waals surface area (Å²) in [5.41, 5.74) is 14.6. The highest BCUT2D eigenvalue weighted by molar-refractivity contribution is 6.34. The van der Waals surface area contributed by atoms with Crippen LogP contribution in [-0.4, -0.2) is 0 Å². The minimum absolute atomic E-state index is 1.10. The zero-order chi connectivity index (χ0) is 42.2. The molecule has 0 bridgehead atoms. The second kappa shape index (κ2) is 16.9. The van der Waals surface area contributed by atoms with Gasteiger partial charge in [-0.05, 0) is 183 Å². The van der Waals surface area contributed by atoms with E-state index < -0.39 is 0 Å². The van der Waals surface area contributed by atoms with Crippen LogP contribution in [0.25, 0.3) is 54.2 Å². The molecule has 0 heterocycles. The smallest absolute Gasteiger partial charge is 0.0463 e. The highest BCUT2D eigenvalue weighted by Gasteiger charge is 2.19. The molecule has 0 N–H and O–H groups in total. The van der Waals surface area contributed by atoms with Gasteiger partial charge in [0.25, 0.3) is 0 Å². The van der Waals surface area contributed by atoms with Gasteiger partial charge < -0.3 is 9.80 Å². The van der Waals surface area contributed by atoms with Crippen LogP contribution in [0.15, 0.2) is 182 Å². The third-order valence-electron chi connectivity index (χ3n) is 13.0. The second-order valence-electron chi connectivity index (χ2n) is 17.2. The van der Waals surface area contributed by atoms with Gasteiger partial charge in [0.15, 0.2) is 0 Å². The Morgan fingerprint density at radius 1 is 0.339 bits per heavy atom. The van der Waals surface area contributed by atoms with Crippen LogP contribution in [0.1, 0.15) is 61.8 Å². The Morgan fingerprint density at radius 3 is 1.19 bits per heavy atom. The van der Waals surface area contributed by atoms with E-state index in [0.29, 0.717) is 0 Å². The highest BCUT2D eigenvalue weighted by Crippen LogP contribution is 2.45. The van der Waals surface area contributed by atoms with Crippen LogP contribution >= 0.6 is 0 Å². The van der Waals surface area contributed by atoms with Crippen molar-refractivity contribution in [1.82, 2.24) is 0 Å². The number of fused-ring (bicyclic) bond motifs is 2. The van der Waals surface area contributed by atoms with Crippen molar-refractivity contribution < 1.29 is 0 Å². The molecule has 10 rings (SSSR count). The number of benzene rings is 10. The van der Waals surface area contributed by atoms with E-state index in [1.807, 2.05) is 0 Å². The van der Waals surface area contributed by atoms with E-state index in [-0.39, 0.29) is 0 Å². The van der Waals surface area contributed by atoms with Crippen molar-refractivity contribution in [3.63, 3.8) is 0 Å². The molecule has 0 aliphatic rings. The maximum Gasteiger partial charge on any atom is 0.0463 e. The standard InChI is InChI=1S/C60H54N2/c1-5-7-11-43-20-28-47(29-21-43)61(46-26-17-41(3)18-27-46)50-34-36-51(37-35-50)62(48-30-22-44(23-31-48)12-8-6-2)49-32-24-45(25-33-49)53-39-40-58-57-38-19-42(4)52-13-9-15-55(59(52)57)56-16-10-14-54(53)60(56)58/h9-10,13-40H,5-8,11-12H2,1-4H3. The summed E-state index contributed by atoms with van der Waals surface area (Å²) in [5.74, 6) is 0. The summed E-state index contributed by atoms with van der Waals surface area (Å²) in [4.78, 5) is 4.77. The summed E-state index contributed by atoms with van der Waals surface area (Å²) in [5, 5.41) is 10.6. The molecule has 10 aromatic rings. The molecule has 2 heteroatoms. The molecule has 0 radical (unpaired) electrons. The van der Waals surface area contributed by atoms with E-state index in [1.54, 1.807) is 0 Å². The fourth-order valence-corrected chi connectivity index (χ4v) is 9.62. The summed E-state index contributed by atoms with van der Waals surface area (Å²) in [6, 6.07) is 68.4. The molecule has 0 aromatic heterocycles. The van der Waals surface area contributed by atoms with Crippen molar-refractivity contribution in [3.8, 4) is 11.1 Å². The first kappa shape index (κ1) is 39.2. The number of hydrogen-bond acceptors (Lipinski definition) is 2. The Morgan fingerprint density at radius 2 is 0.710 bits per heavy atom. The van der Waals surface area contributed by atoms with Crippen LogP contribution in [0.5, 0.6) is 0 Å². The van der Waals surface area contributed by atoms with Crippen LogP contribution in [0.4, 0.5) is 34.1 Å². The summed E-state index contributed by atoms with van der Waals surface area (Å²) in [6.45, 7) is 8.89. The summed E-state index contributed by atoms with van der Waals surface area (Å²) >= 11 is 0. The van der Waals surface area contributed by atoms with Crippen LogP contribution in [0, 0.1) is 13.8 Å². The molecule has 0 unspecified atom stereocenters. The minimum atomic E-state index is 1.10. The SMILES string of the molecule is CCCCc1ccc(N(c2ccc(C)cc2)c2ccc(N(c3ccc(CCCC)cc3)c3ccc(-c4ccc5c6ccc(C)c7cccc(c8cccc4c85)c76)cc3)cc2)cc1. The van der Waals surface area contributed by atoms with E-state index in [2.05, 4.69) is 219 Å². The fraction of sp³-hybridized carbons (Fsp3) is 0.167. The third-order valence-corrected chi connectivity index (χ3v) is 13.0. The first-order valence-corrected chi connectivity index (χ1v) is 22.6. The Hall–Kier alpha value is -6.90. The van der Waals surface area contributed by atoms with E-state index in [4.69, 9.17) is 0 Å². The molecule has 304 valence electrons. The Balaban J connectivity index is 1.04. The first-order valence-electron chi connectivity index (χ1n) is 22.6. The third kappa shape index (κ3) is 7.24. The predicted octanol–water partition coefficient (Wildman–Crippen LogP) is 17.6. The van der Waals surface area contributed by atoms with Gasteiger partial charge in [0.2, 0.25) is 0 Å². The molecule has 10 aromatic carbocycles. The van der Waals surface area contributed by atoms with Crippen molar-refractivity contribution in [2.24, 2.45) is 0 Å². The predicted molar refractivity (Wildman–Crippen MR) is 269 cm³/mol. The van der Waals surface area contributed by atoms with Gasteiger partial charge >= 0.3 is 0 Å². The van der Waals surface area contributed by atoms with Crippen molar-refractivity contribution in [2.75, 3.05) is 9.80 Å². The Labute approximate surface area is 367 Å². The molecule has 0 spiro atoms. The quantitative estimate of drug-likeness (QED) is 0.0846. The van der Waals surface area contributed by atoms with Gasteiger partial charge in [-0.25, -0.2) is 0 Å². The van der Waals surface area contributed by atoms with Gasteiger partial charge in [0, 0.05) is 34.1 Å². The number of anilines is 6. The lowest BCUT2D eigenvalue weighted by atomic mass is 9.86. The number of aryl methyl sites for hydroxylation is 4. The van der Waals surface area contributed by atoms with E-state index in [1.165, 1.54) is 102 Å². The average molecular weight is 803 g/mol. The lowest BCUT2D eigenvalue weighted by Gasteiger charge is -2.29. The van der Waals surface area contributed by atoms with Crippen molar-refractivity contribution >= 4 is 77.2 Å². The van der Waals surface area contributed by atoms with E-state index >= 15 is 0 Å². The lowest BCUT2D eigenvalue weighted by molar-refractivity contribution is 0.795. The second-order valence-corrected chi connectivity index (χ2v) is 17.2. The van der Waals surface area contributed by atoms with E-state index in [9.17, 15) is 0 Å². The summed E-state index contributed by atoms with van der Waals surface area (Å²) in [6.07, 6.45) is 7.01. The molecule has 0 amide bonds.